The van der Waals surface area contributed by atoms with Crippen LogP contribution in [0.15, 0.2) is 52.3 Å². The zero-order valence-corrected chi connectivity index (χ0v) is 14.2. The van der Waals surface area contributed by atoms with Crippen LogP contribution < -0.4 is 0 Å². The second-order valence-electron chi connectivity index (χ2n) is 5.05. The van der Waals surface area contributed by atoms with Gasteiger partial charge in [0.2, 0.25) is 0 Å². The number of hydrogen-bond donors (Lipinski definition) is 2. The van der Waals surface area contributed by atoms with Crippen molar-refractivity contribution in [2.45, 2.75) is 23.1 Å². The van der Waals surface area contributed by atoms with E-state index >= 15 is 0 Å². The first-order valence-corrected chi connectivity index (χ1v) is 8.25. The van der Waals surface area contributed by atoms with Crippen molar-refractivity contribution in [3.05, 3.63) is 59.2 Å². The van der Waals surface area contributed by atoms with Crippen LogP contribution in [-0.2, 0) is 16.0 Å². The minimum atomic E-state index is -1.20. The van der Waals surface area contributed by atoms with Crippen molar-refractivity contribution < 1.29 is 29.3 Å². The molecule has 0 amide bonds. The van der Waals surface area contributed by atoms with E-state index in [0.29, 0.717) is 10.5 Å². The number of hydrogen-bond acceptors (Lipinski definition) is 5. The van der Waals surface area contributed by atoms with Gasteiger partial charge in [-0.3, -0.25) is 4.79 Å². The van der Waals surface area contributed by atoms with Gasteiger partial charge in [0, 0.05) is 9.79 Å². The Labute approximate surface area is 148 Å². The molecule has 0 saturated carbocycles. The first kappa shape index (κ1) is 18.5. The Kier molecular flexibility index (Phi) is 6.19. The third kappa shape index (κ3) is 5.09. The van der Waals surface area contributed by atoms with E-state index in [2.05, 4.69) is 0 Å². The monoisotopic (exact) mass is 360 g/mol. The molecule has 130 valence electrons. The first-order chi connectivity index (χ1) is 11.9. The van der Waals surface area contributed by atoms with Gasteiger partial charge in [-0.15, -0.1) is 0 Å². The normalized spacial score (nSPS) is 10.3. The number of rotatable bonds is 7. The maximum Gasteiger partial charge on any atom is 0.339 e. The fourth-order valence-electron chi connectivity index (χ4n) is 2.14. The van der Waals surface area contributed by atoms with Gasteiger partial charge >= 0.3 is 17.9 Å². The largest absolute Gasteiger partial charge is 0.481 e. The summed E-state index contributed by atoms with van der Waals surface area (Å²) in [6.07, 6.45) is -0.0503. The smallest absolute Gasteiger partial charge is 0.339 e. The van der Waals surface area contributed by atoms with Gasteiger partial charge in [-0.25, -0.2) is 9.59 Å². The average Bonchev–Trinajstić information content (AvgIpc) is 2.56. The summed E-state index contributed by atoms with van der Waals surface area (Å²) in [7, 11) is 0. The van der Waals surface area contributed by atoms with Crippen LogP contribution in [0.2, 0.25) is 0 Å². The van der Waals surface area contributed by atoms with Crippen LogP contribution in [0.5, 0.6) is 0 Å². The van der Waals surface area contributed by atoms with E-state index < -0.39 is 17.9 Å². The van der Waals surface area contributed by atoms with Crippen LogP contribution in [0.4, 0.5) is 0 Å². The van der Waals surface area contributed by atoms with E-state index in [1.165, 1.54) is 23.9 Å². The lowest BCUT2D eigenvalue weighted by Crippen LogP contribution is -2.11. The van der Waals surface area contributed by atoms with Crippen molar-refractivity contribution in [3.63, 3.8) is 0 Å². The van der Waals surface area contributed by atoms with Crippen LogP contribution in [-0.4, -0.2) is 34.7 Å². The molecule has 0 saturated heterocycles. The number of carbonyl (C=O) groups excluding carboxylic acids is 1. The van der Waals surface area contributed by atoms with Crippen LogP contribution in [0, 0.1) is 0 Å². The molecule has 7 heteroatoms. The van der Waals surface area contributed by atoms with Gasteiger partial charge in [-0.2, -0.15) is 0 Å². The van der Waals surface area contributed by atoms with Gasteiger partial charge in [0.15, 0.2) is 0 Å². The van der Waals surface area contributed by atoms with Gasteiger partial charge in [0.05, 0.1) is 24.2 Å². The highest BCUT2D eigenvalue weighted by atomic mass is 32.2. The molecule has 0 unspecified atom stereocenters. The lowest BCUT2D eigenvalue weighted by atomic mass is 10.1. The second-order valence-corrected chi connectivity index (χ2v) is 6.20. The van der Waals surface area contributed by atoms with Crippen molar-refractivity contribution in [2.24, 2.45) is 0 Å². The molecule has 0 atom stereocenters. The van der Waals surface area contributed by atoms with Crippen molar-refractivity contribution in [1.82, 2.24) is 0 Å². The summed E-state index contributed by atoms with van der Waals surface area (Å²) < 4.78 is 4.91. The Hall–Kier alpha value is -2.80. The fraction of sp³-hybridized carbons (Fsp3) is 0.167. The summed E-state index contributed by atoms with van der Waals surface area (Å²) in [6, 6.07) is 11.5. The molecule has 0 spiro atoms. The van der Waals surface area contributed by atoms with Crippen LogP contribution in [0.25, 0.3) is 0 Å². The van der Waals surface area contributed by atoms with E-state index in [-0.39, 0.29) is 24.2 Å². The van der Waals surface area contributed by atoms with Gasteiger partial charge < -0.3 is 14.9 Å². The van der Waals surface area contributed by atoms with Crippen molar-refractivity contribution in [2.75, 3.05) is 6.61 Å². The summed E-state index contributed by atoms with van der Waals surface area (Å²) in [6.45, 7) is 1.80. The van der Waals surface area contributed by atoms with E-state index in [4.69, 9.17) is 9.84 Å². The third-order valence-corrected chi connectivity index (χ3v) is 4.23. The third-order valence-electron chi connectivity index (χ3n) is 3.23. The zero-order chi connectivity index (χ0) is 18.4. The zero-order valence-electron chi connectivity index (χ0n) is 13.4. The molecule has 2 aromatic carbocycles. The molecule has 0 aromatic heterocycles. The minimum Gasteiger partial charge on any atom is -0.481 e. The van der Waals surface area contributed by atoms with Crippen molar-refractivity contribution >= 4 is 29.7 Å². The summed E-state index contributed by atoms with van der Waals surface area (Å²) >= 11 is 1.34. The SMILES string of the molecule is CCOC(=O)c1cc(Sc2ccc(CC(=O)O)cc2)ccc1C(=O)O. The van der Waals surface area contributed by atoms with E-state index in [0.717, 1.165) is 4.90 Å². The maximum absolute atomic E-state index is 12.0. The van der Waals surface area contributed by atoms with Gasteiger partial charge in [-0.1, -0.05) is 23.9 Å². The number of aromatic carboxylic acids is 1. The Morgan fingerprint density at radius 2 is 1.60 bits per heavy atom. The predicted molar refractivity (Wildman–Crippen MR) is 91.3 cm³/mol. The maximum atomic E-state index is 12.0. The standard InChI is InChI=1S/C18H16O6S/c1-2-24-18(23)15-10-13(7-8-14(15)17(21)22)25-12-5-3-11(4-6-12)9-16(19)20/h3-8,10H,2,9H2,1H3,(H,19,20)(H,21,22). The Balaban J connectivity index is 2.24. The number of benzene rings is 2. The van der Waals surface area contributed by atoms with E-state index in [1.807, 2.05) is 0 Å². The van der Waals surface area contributed by atoms with Crippen molar-refractivity contribution in [1.29, 1.82) is 0 Å². The van der Waals surface area contributed by atoms with Gasteiger partial charge in [-0.05, 0) is 42.8 Å². The highest BCUT2D eigenvalue weighted by molar-refractivity contribution is 7.99. The Bertz CT molecular complexity index is 798. The molecule has 0 aliphatic rings. The molecule has 0 fully saturated rings. The lowest BCUT2D eigenvalue weighted by molar-refractivity contribution is -0.136. The molecular weight excluding hydrogens is 344 g/mol. The molecule has 25 heavy (non-hydrogen) atoms. The number of carboxylic acid groups (broad SMARTS) is 2. The molecule has 2 aromatic rings. The molecule has 0 heterocycles. The van der Waals surface area contributed by atoms with Crippen LogP contribution >= 0.6 is 11.8 Å². The highest BCUT2D eigenvalue weighted by Crippen LogP contribution is 2.30. The molecule has 0 radical (unpaired) electrons. The quantitative estimate of drug-likeness (QED) is 0.730. The van der Waals surface area contributed by atoms with E-state index in [9.17, 15) is 19.5 Å². The summed E-state index contributed by atoms with van der Waals surface area (Å²) in [5, 5.41) is 18.0. The van der Waals surface area contributed by atoms with Crippen LogP contribution in [0.1, 0.15) is 33.2 Å². The fourth-order valence-corrected chi connectivity index (χ4v) is 2.99. The Morgan fingerprint density at radius 1 is 0.960 bits per heavy atom. The topological polar surface area (TPSA) is 101 Å². The van der Waals surface area contributed by atoms with Gasteiger partial charge in [0.25, 0.3) is 0 Å². The van der Waals surface area contributed by atoms with Gasteiger partial charge in [0.1, 0.15) is 0 Å². The first-order valence-electron chi connectivity index (χ1n) is 7.43. The molecule has 0 bridgehead atoms. The number of carbonyl (C=O) groups is 3. The summed E-state index contributed by atoms with van der Waals surface area (Å²) in [4.78, 5) is 35.4. The number of esters is 1. The minimum absolute atomic E-state index is 0.00171. The molecule has 0 aliphatic heterocycles. The number of aliphatic carboxylic acids is 1. The number of carboxylic acids is 2. The second kappa shape index (κ2) is 8.34. The molecule has 6 nitrogen and oxygen atoms in total. The average molecular weight is 360 g/mol. The molecule has 2 N–H and O–H groups in total. The molecular formula is C18H16O6S. The molecule has 2 rings (SSSR count). The summed E-state index contributed by atoms with van der Waals surface area (Å²) in [5.74, 6) is -2.78. The van der Waals surface area contributed by atoms with E-state index in [1.54, 1.807) is 37.3 Å². The number of ether oxygens (including phenoxy) is 1. The van der Waals surface area contributed by atoms with Crippen LogP contribution in [0.3, 0.4) is 0 Å². The Morgan fingerprint density at radius 3 is 2.16 bits per heavy atom. The molecule has 0 aliphatic carbocycles. The highest BCUT2D eigenvalue weighted by Gasteiger charge is 2.18. The summed E-state index contributed by atoms with van der Waals surface area (Å²) in [5.41, 5.74) is 0.576. The van der Waals surface area contributed by atoms with Crippen molar-refractivity contribution in [3.8, 4) is 0 Å². The predicted octanol–water partition coefficient (Wildman–Crippen LogP) is 3.34. The lowest BCUT2D eigenvalue weighted by Gasteiger charge is -2.09.